The number of aliphatic carboxylic acids is 1. The van der Waals surface area contributed by atoms with Crippen molar-refractivity contribution in [1.29, 1.82) is 0 Å². The monoisotopic (exact) mass is 192 g/mol. The molecule has 2 heterocycles. The van der Waals surface area contributed by atoms with Crippen molar-refractivity contribution in [3.05, 3.63) is 24.0 Å². The highest BCUT2D eigenvalue weighted by atomic mass is 16.4. The number of carboxylic acid groups (broad SMARTS) is 1. The minimum absolute atomic E-state index is 0.327. The second kappa shape index (κ2) is 3.08. The van der Waals surface area contributed by atoms with Crippen LogP contribution in [0.3, 0.4) is 0 Å². The first-order valence-electron chi connectivity index (χ1n) is 3.97. The molecule has 0 radical (unpaired) electrons. The first-order valence-corrected chi connectivity index (χ1v) is 3.97. The summed E-state index contributed by atoms with van der Waals surface area (Å²) in [6, 6.07) is 2.34. The molecule has 0 fully saturated rings. The summed E-state index contributed by atoms with van der Waals surface area (Å²) in [5.74, 6) is -1.11. The molecule has 0 aliphatic heterocycles. The van der Waals surface area contributed by atoms with Gasteiger partial charge in [-0.2, -0.15) is 5.10 Å². The van der Waals surface area contributed by atoms with E-state index in [9.17, 15) is 4.79 Å². The van der Waals surface area contributed by atoms with E-state index in [0.717, 1.165) is 0 Å². The van der Waals surface area contributed by atoms with Gasteiger partial charge in [0.25, 0.3) is 0 Å². The number of carbonyl (C=O) groups is 1. The molecule has 6 nitrogen and oxygen atoms in total. The van der Waals surface area contributed by atoms with E-state index in [1.165, 1.54) is 0 Å². The Morgan fingerprint density at radius 1 is 1.64 bits per heavy atom. The van der Waals surface area contributed by atoms with Gasteiger partial charge in [0.05, 0.1) is 5.69 Å². The Balaban J connectivity index is 2.58. The zero-order chi connectivity index (χ0) is 10.1. The number of pyridine rings is 1. The summed E-state index contributed by atoms with van der Waals surface area (Å²) in [6.45, 7) is 0. The molecule has 1 atom stereocenters. The smallest absolute Gasteiger partial charge is 0.326 e. The van der Waals surface area contributed by atoms with Crippen LogP contribution >= 0.6 is 0 Å². The van der Waals surface area contributed by atoms with Gasteiger partial charge in [0.1, 0.15) is 17.1 Å². The SMILES string of the molecule is NC(C(=O)O)c1[nH]nc2cccnc12. The fraction of sp³-hybridized carbons (Fsp3) is 0.125. The first kappa shape index (κ1) is 8.64. The summed E-state index contributed by atoms with van der Waals surface area (Å²) in [5, 5.41) is 15.2. The van der Waals surface area contributed by atoms with Crippen molar-refractivity contribution < 1.29 is 9.90 Å². The van der Waals surface area contributed by atoms with Gasteiger partial charge in [-0.15, -0.1) is 0 Å². The van der Waals surface area contributed by atoms with E-state index in [-0.39, 0.29) is 0 Å². The summed E-state index contributed by atoms with van der Waals surface area (Å²) in [5.41, 5.74) is 6.88. The Bertz CT molecular complexity index is 479. The number of nitrogens with zero attached hydrogens (tertiary/aromatic N) is 2. The van der Waals surface area contributed by atoms with Gasteiger partial charge < -0.3 is 10.8 Å². The lowest BCUT2D eigenvalue weighted by atomic mass is 10.2. The van der Waals surface area contributed by atoms with E-state index in [1.807, 2.05) is 0 Å². The minimum atomic E-state index is -1.12. The van der Waals surface area contributed by atoms with Crippen LogP contribution in [0.1, 0.15) is 11.7 Å². The fourth-order valence-corrected chi connectivity index (χ4v) is 1.21. The molecular formula is C8H8N4O2. The number of hydrogen-bond donors (Lipinski definition) is 3. The standard InChI is InChI=1S/C8H8N4O2/c9-5(8(13)14)7-6-4(11-12-7)2-1-3-10-6/h1-3,5H,9H2,(H,11,12)(H,13,14). The molecule has 0 saturated carbocycles. The van der Waals surface area contributed by atoms with Crippen LogP contribution < -0.4 is 5.73 Å². The number of fused-ring (bicyclic) bond motifs is 1. The van der Waals surface area contributed by atoms with Crippen LogP contribution in [0.25, 0.3) is 11.0 Å². The second-order valence-electron chi connectivity index (χ2n) is 2.82. The fourth-order valence-electron chi connectivity index (χ4n) is 1.21. The summed E-state index contributed by atoms with van der Waals surface area (Å²) in [4.78, 5) is 14.6. The zero-order valence-electron chi connectivity index (χ0n) is 7.14. The largest absolute Gasteiger partial charge is 0.480 e. The van der Waals surface area contributed by atoms with E-state index in [0.29, 0.717) is 16.7 Å². The Hall–Kier alpha value is -1.95. The maximum Gasteiger partial charge on any atom is 0.326 e. The van der Waals surface area contributed by atoms with Crippen LogP contribution in [-0.2, 0) is 4.79 Å². The van der Waals surface area contributed by atoms with Crippen LogP contribution in [0.2, 0.25) is 0 Å². The highest BCUT2D eigenvalue weighted by molar-refractivity contribution is 5.84. The maximum atomic E-state index is 10.6. The highest BCUT2D eigenvalue weighted by Crippen LogP contribution is 2.17. The predicted molar refractivity (Wildman–Crippen MR) is 48.5 cm³/mol. The van der Waals surface area contributed by atoms with Crippen molar-refractivity contribution in [2.45, 2.75) is 6.04 Å². The van der Waals surface area contributed by atoms with Gasteiger partial charge in [-0.3, -0.25) is 14.9 Å². The number of carboxylic acids is 1. The lowest BCUT2D eigenvalue weighted by molar-refractivity contribution is -0.138. The summed E-state index contributed by atoms with van der Waals surface area (Å²) >= 11 is 0. The number of aromatic nitrogens is 3. The van der Waals surface area contributed by atoms with Crippen molar-refractivity contribution >= 4 is 17.0 Å². The van der Waals surface area contributed by atoms with Gasteiger partial charge in [-0.1, -0.05) is 0 Å². The number of nitrogens with one attached hydrogen (secondary N) is 1. The molecule has 2 aromatic heterocycles. The topological polar surface area (TPSA) is 105 Å². The molecule has 2 aromatic rings. The molecule has 4 N–H and O–H groups in total. The van der Waals surface area contributed by atoms with Crippen LogP contribution in [0.5, 0.6) is 0 Å². The van der Waals surface area contributed by atoms with Crippen molar-refractivity contribution in [3.8, 4) is 0 Å². The van der Waals surface area contributed by atoms with Gasteiger partial charge in [0.15, 0.2) is 0 Å². The summed E-state index contributed by atoms with van der Waals surface area (Å²) < 4.78 is 0. The van der Waals surface area contributed by atoms with E-state index in [2.05, 4.69) is 15.2 Å². The Morgan fingerprint density at radius 3 is 3.14 bits per heavy atom. The summed E-state index contributed by atoms with van der Waals surface area (Å²) in [6.07, 6.45) is 1.57. The van der Waals surface area contributed by atoms with Gasteiger partial charge >= 0.3 is 5.97 Å². The van der Waals surface area contributed by atoms with E-state index in [1.54, 1.807) is 18.3 Å². The van der Waals surface area contributed by atoms with Crippen molar-refractivity contribution in [2.24, 2.45) is 5.73 Å². The van der Waals surface area contributed by atoms with Gasteiger partial charge in [-0.05, 0) is 12.1 Å². The van der Waals surface area contributed by atoms with Gasteiger partial charge in [0, 0.05) is 6.20 Å². The first-order chi connectivity index (χ1) is 6.70. The lowest BCUT2D eigenvalue weighted by Crippen LogP contribution is -2.21. The predicted octanol–water partition coefficient (Wildman–Crippen LogP) is 0.0423. The molecule has 0 amide bonds. The normalized spacial score (nSPS) is 12.9. The molecule has 1 unspecified atom stereocenters. The average molecular weight is 192 g/mol. The van der Waals surface area contributed by atoms with Gasteiger partial charge in [0.2, 0.25) is 0 Å². The molecule has 0 spiro atoms. The molecule has 0 aromatic carbocycles. The number of hydrogen-bond acceptors (Lipinski definition) is 4. The molecule has 0 bridgehead atoms. The number of nitrogens with two attached hydrogens (primary N) is 1. The zero-order valence-corrected chi connectivity index (χ0v) is 7.14. The molecule has 0 aliphatic carbocycles. The highest BCUT2D eigenvalue weighted by Gasteiger charge is 2.19. The molecule has 6 heteroatoms. The minimum Gasteiger partial charge on any atom is -0.480 e. The quantitative estimate of drug-likeness (QED) is 0.623. The second-order valence-corrected chi connectivity index (χ2v) is 2.82. The molecule has 14 heavy (non-hydrogen) atoms. The molecule has 2 rings (SSSR count). The molecular weight excluding hydrogens is 184 g/mol. The third-order valence-corrected chi connectivity index (χ3v) is 1.92. The number of rotatable bonds is 2. The number of aromatic amines is 1. The van der Waals surface area contributed by atoms with Crippen molar-refractivity contribution in [2.75, 3.05) is 0 Å². The molecule has 0 aliphatic rings. The Morgan fingerprint density at radius 2 is 2.43 bits per heavy atom. The van der Waals surface area contributed by atoms with E-state index >= 15 is 0 Å². The summed E-state index contributed by atoms with van der Waals surface area (Å²) in [7, 11) is 0. The number of H-pyrrole nitrogens is 1. The van der Waals surface area contributed by atoms with Crippen LogP contribution in [0.4, 0.5) is 0 Å². The maximum absolute atomic E-state index is 10.6. The Kier molecular flexibility index (Phi) is 1.90. The molecule has 0 saturated heterocycles. The van der Waals surface area contributed by atoms with E-state index in [4.69, 9.17) is 10.8 Å². The average Bonchev–Trinajstić information content (AvgIpc) is 2.60. The van der Waals surface area contributed by atoms with Gasteiger partial charge in [-0.25, -0.2) is 0 Å². The van der Waals surface area contributed by atoms with Crippen LogP contribution in [0.15, 0.2) is 18.3 Å². The lowest BCUT2D eigenvalue weighted by Gasteiger charge is -2.01. The third-order valence-electron chi connectivity index (χ3n) is 1.92. The van der Waals surface area contributed by atoms with Crippen molar-refractivity contribution in [3.63, 3.8) is 0 Å². The third kappa shape index (κ3) is 1.21. The van der Waals surface area contributed by atoms with Crippen molar-refractivity contribution in [1.82, 2.24) is 15.2 Å². The molecule has 72 valence electrons. The Labute approximate surface area is 78.8 Å². The van der Waals surface area contributed by atoms with Crippen LogP contribution in [0, 0.1) is 0 Å². The van der Waals surface area contributed by atoms with Crippen LogP contribution in [-0.4, -0.2) is 26.3 Å². The van der Waals surface area contributed by atoms with E-state index < -0.39 is 12.0 Å².